The van der Waals surface area contributed by atoms with Crippen LogP contribution in [0.4, 0.5) is 4.79 Å². The zero-order valence-electron chi connectivity index (χ0n) is 14.5. The van der Waals surface area contributed by atoms with Crippen molar-refractivity contribution >= 4 is 19.1 Å². The third-order valence-electron chi connectivity index (χ3n) is 4.24. The average molecular weight is 348 g/mol. The van der Waals surface area contributed by atoms with Gasteiger partial charge in [-0.1, -0.05) is 31.2 Å². The molecule has 0 saturated carbocycles. The molecule has 2 rings (SSSR count). The number of hydrogen-bond donors (Lipinski definition) is 3. The van der Waals surface area contributed by atoms with Crippen LogP contribution in [-0.2, 0) is 22.4 Å². The van der Waals surface area contributed by atoms with E-state index < -0.39 is 13.1 Å². The van der Waals surface area contributed by atoms with Gasteiger partial charge in [-0.25, -0.2) is 4.79 Å². The molecule has 2 amide bonds. The molecule has 1 saturated heterocycles. The molecular weight excluding hydrogens is 323 g/mol. The van der Waals surface area contributed by atoms with Crippen molar-refractivity contribution in [3.8, 4) is 0 Å². The van der Waals surface area contributed by atoms with Gasteiger partial charge in [-0.2, -0.15) is 0 Å². The van der Waals surface area contributed by atoms with Gasteiger partial charge in [0.05, 0.1) is 12.5 Å². The Morgan fingerprint density at radius 3 is 2.80 bits per heavy atom. The van der Waals surface area contributed by atoms with Crippen molar-refractivity contribution in [1.82, 2.24) is 10.2 Å². The fourth-order valence-electron chi connectivity index (χ4n) is 2.80. The number of nitrogens with one attached hydrogen (secondary N) is 1. The van der Waals surface area contributed by atoms with Crippen molar-refractivity contribution in [2.24, 2.45) is 0 Å². The highest BCUT2D eigenvalue weighted by Crippen LogP contribution is 2.10. The Bertz CT molecular complexity index is 596. The lowest BCUT2D eigenvalue weighted by molar-refractivity contribution is -0.121. The highest BCUT2D eigenvalue weighted by molar-refractivity contribution is 6.43. The summed E-state index contributed by atoms with van der Waals surface area (Å²) in [5.41, 5.74) is 2.10. The van der Waals surface area contributed by atoms with Gasteiger partial charge >= 0.3 is 13.2 Å². The predicted molar refractivity (Wildman–Crippen MR) is 93.8 cm³/mol. The number of rotatable bonds is 9. The number of amides is 2. The Morgan fingerprint density at radius 2 is 2.16 bits per heavy atom. The van der Waals surface area contributed by atoms with Crippen LogP contribution in [0.15, 0.2) is 24.3 Å². The third kappa shape index (κ3) is 6.06. The molecule has 8 heteroatoms. The van der Waals surface area contributed by atoms with Gasteiger partial charge in [0.2, 0.25) is 5.91 Å². The number of ether oxygens (including phenoxy) is 1. The fourth-order valence-corrected chi connectivity index (χ4v) is 2.80. The Kier molecular flexibility index (Phi) is 7.27. The first kappa shape index (κ1) is 19.3. The van der Waals surface area contributed by atoms with Crippen LogP contribution in [0, 0.1) is 0 Å². The maximum atomic E-state index is 12.1. The molecule has 1 heterocycles. The number of hydrogen-bond acceptors (Lipinski definition) is 5. The molecule has 0 aromatic heterocycles. The molecule has 0 aliphatic carbocycles. The van der Waals surface area contributed by atoms with Crippen molar-refractivity contribution < 1.29 is 24.4 Å². The highest BCUT2D eigenvalue weighted by Gasteiger charge is 2.26. The quantitative estimate of drug-likeness (QED) is 0.565. The van der Waals surface area contributed by atoms with Crippen LogP contribution in [-0.4, -0.2) is 59.7 Å². The van der Waals surface area contributed by atoms with E-state index in [9.17, 15) is 19.6 Å². The number of benzene rings is 1. The first-order valence-corrected chi connectivity index (χ1v) is 8.64. The Labute approximate surface area is 148 Å². The molecule has 1 aromatic carbocycles. The first-order valence-electron chi connectivity index (χ1n) is 8.64. The minimum atomic E-state index is -1.64. The second-order valence-corrected chi connectivity index (χ2v) is 6.17. The summed E-state index contributed by atoms with van der Waals surface area (Å²) in [4.78, 5) is 24.9. The van der Waals surface area contributed by atoms with Gasteiger partial charge in [-0.05, 0) is 30.4 Å². The minimum Gasteiger partial charge on any atom is -0.448 e. The van der Waals surface area contributed by atoms with E-state index in [0.717, 1.165) is 17.5 Å². The molecule has 7 nitrogen and oxygen atoms in total. The van der Waals surface area contributed by atoms with Crippen LogP contribution in [0.5, 0.6) is 0 Å². The van der Waals surface area contributed by atoms with Crippen molar-refractivity contribution in [3.63, 3.8) is 0 Å². The zero-order valence-corrected chi connectivity index (χ0v) is 14.5. The van der Waals surface area contributed by atoms with Gasteiger partial charge in [-0.3, -0.25) is 4.79 Å². The molecule has 136 valence electrons. The minimum absolute atomic E-state index is 0.210. The van der Waals surface area contributed by atoms with Gasteiger partial charge in [0.1, 0.15) is 6.61 Å². The molecule has 1 aromatic rings. The van der Waals surface area contributed by atoms with E-state index in [1.165, 1.54) is 0 Å². The van der Waals surface area contributed by atoms with Crippen molar-refractivity contribution in [1.29, 1.82) is 0 Å². The van der Waals surface area contributed by atoms with E-state index >= 15 is 0 Å². The van der Waals surface area contributed by atoms with Crippen LogP contribution in [0.1, 0.15) is 30.9 Å². The molecular formula is C17H25BN2O5. The molecule has 3 N–H and O–H groups in total. The highest BCUT2D eigenvalue weighted by atomic mass is 16.6. The predicted octanol–water partition coefficient (Wildman–Crippen LogP) is 0.521. The van der Waals surface area contributed by atoms with Crippen LogP contribution < -0.4 is 5.32 Å². The fraction of sp³-hybridized carbons (Fsp3) is 0.529. The lowest BCUT2D eigenvalue weighted by Gasteiger charge is -2.19. The lowest BCUT2D eigenvalue weighted by Crippen LogP contribution is -2.48. The molecule has 1 fully saturated rings. The summed E-state index contributed by atoms with van der Waals surface area (Å²) in [7, 11) is -1.64. The SMILES string of the molecule is CCc1cccc(CC(NC(=O)CCCN2CCOC2=O)B(O)O)c1. The first-order chi connectivity index (χ1) is 12.0. The van der Waals surface area contributed by atoms with Crippen molar-refractivity contribution in [2.45, 2.75) is 38.5 Å². The van der Waals surface area contributed by atoms with E-state index in [4.69, 9.17) is 4.74 Å². The van der Waals surface area contributed by atoms with Gasteiger partial charge in [0, 0.05) is 13.0 Å². The van der Waals surface area contributed by atoms with Crippen molar-refractivity contribution in [3.05, 3.63) is 35.4 Å². The summed E-state index contributed by atoms with van der Waals surface area (Å²) < 4.78 is 4.82. The number of aryl methyl sites for hydroxylation is 1. The summed E-state index contributed by atoms with van der Waals surface area (Å²) in [5, 5.41) is 21.8. The summed E-state index contributed by atoms with van der Waals surface area (Å²) >= 11 is 0. The van der Waals surface area contributed by atoms with E-state index in [2.05, 4.69) is 12.2 Å². The number of cyclic esters (lactones) is 1. The summed E-state index contributed by atoms with van der Waals surface area (Å²) in [6, 6.07) is 7.84. The largest absolute Gasteiger partial charge is 0.475 e. The van der Waals surface area contributed by atoms with Crippen molar-refractivity contribution in [2.75, 3.05) is 19.7 Å². The monoisotopic (exact) mass is 348 g/mol. The van der Waals surface area contributed by atoms with Gasteiger partial charge in [0.15, 0.2) is 0 Å². The topological polar surface area (TPSA) is 99.1 Å². The van der Waals surface area contributed by atoms with Gasteiger partial charge in [-0.15, -0.1) is 0 Å². The molecule has 25 heavy (non-hydrogen) atoms. The Morgan fingerprint density at radius 1 is 1.40 bits per heavy atom. The number of carbonyl (C=O) groups excluding carboxylic acids is 2. The smallest absolute Gasteiger partial charge is 0.448 e. The van der Waals surface area contributed by atoms with Gasteiger partial charge in [0.25, 0.3) is 0 Å². The molecule has 0 radical (unpaired) electrons. The van der Waals surface area contributed by atoms with E-state index in [-0.39, 0.29) is 18.4 Å². The second kappa shape index (κ2) is 9.43. The number of nitrogens with zero attached hydrogens (tertiary/aromatic N) is 1. The summed E-state index contributed by atoms with van der Waals surface area (Å²) in [6.07, 6.45) is 1.60. The molecule has 0 spiro atoms. The molecule has 1 aliphatic rings. The standard InChI is InChI=1S/C17H25BN2O5/c1-2-13-5-3-6-14(11-13)12-15(18(23)24)19-16(21)7-4-8-20-9-10-25-17(20)22/h3,5-6,11,15,23-24H,2,4,7-10,12H2,1H3,(H,19,21). The summed E-state index contributed by atoms with van der Waals surface area (Å²) in [5.74, 6) is -1.03. The van der Waals surface area contributed by atoms with Crippen LogP contribution in [0.3, 0.4) is 0 Å². The Hall–Kier alpha value is -2.06. The van der Waals surface area contributed by atoms with Crippen LogP contribution >= 0.6 is 0 Å². The van der Waals surface area contributed by atoms with Crippen LogP contribution in [0.25, 0.3) is 0 Å². The number of carbonyl (C=O) groups is 2. The molecule has 1 unspecified atom stereocenters. The Balaban J connectivity index is 1.81. The molecule has 0 bridgehead atoms. The van der Waals surface area contributed by atoms with Crippen LogP contribution in [0.2, 0.25) is 0 Å². The normalized spacial score (nSPS) is 15.0. The maximum Gasteiger partial charge on any atom is 0.475 e. The van der Waals surface area contributed by atoms with E-state index in [1.54, 1.807) is 4.90 Å². The molecule has 1 atom stereocenters. The average Bonchev–Trinajstić information content (AvgIpc) is 2.99. The molecule has 1 aliphatic heterocycles. The van der Waals surface area contributed by atoms with E-state index in [1.807, 2.05) is 24.3 Å². The zero-order chi connectivity index (χ0) is 18.2. The lowest BCUT2D eigenvalue weighted by atomic mass is 9.75. The second-order valence-electron chi connectivity index (χ2n) is 6.17. The third-order valence-corrected chi connectivity index (χ3v) is 4.24. The summed E-state index contributed by atoms with van der Waals surface area (Å²) in [6.45, 7) is 3.44. The van der Waals surface area contributed by atoms with E-state index in [0.29, 0.717) is 32.5 Å². The van der Waals surface area contributed by atoms with Gasteiger partial charge < -0.3 is 25.0 Å². The maximum absolute atomic E-state index is 12.1.